The molecular formula is C18H13BrF2NO3P. The third-order valence-corrected chi connectivity index (χ3v) is 5.16. The molecule has 0 radical (unpaired) electrons. The molecule has 0 saturated carbocycles. The molecule has 0 aliphatic rings. The predicted octanol–water partition coefficient (Wildman–Crippen LogP) is 6.41. The van der Waals surface area contributed by atoms with E-state index in [-0.39, 0.29) is 11.5 Å². The first-order valence-electron chi connectivity index (χ1n) is 7.47. The van der Waals surface area contributed by atoms with Crippen LogP contribution in [0.5, 0.6) is 11.5 Å². The zero-order chi connectivity index (χ0) is 18.6. The number of anilines is 1. The fourth-order valence-corrected chi connectivity index (χ4v) is 3.72. The van der Waals surface area contributed by atoms with Crippen LogP contribution in [0.3, 0.4) is 0 Å². The Morgan fingerprint density at radius 1 is 0.769 bits per heavy atom. The van der Waals surface area contributed by atoms with Crippen molar-refractivity contribution in [2.24, 2.45) is 0 Å². The molecule has 26 heavy (non-hydrogen) atoms. The lowest BCUT2D eigenvalue weighted by molar-refractivity contribution is 0.373. The van der Waals surface area contributed by atoms with Gasteiger partial charge >= 0.3 is 7.75 Å². The molecule has 0 unspecified atom stereocenters. The lowest BCUT2D eigenvalue weighted by atomic mass is 10.3. The smallest absolute Gasteiger partial charge is 0.397 e. The molecule has 0 bridgehead atoms. The number of hydrogen-bond donors (Lipinski definition) is 1. The van der Waals surface area contributed by atoms with Crippen molar-refractivity contribution in [3.05, 3.63) is 88.9 Å². The Hall–Kier alpha value is -2.37. The first-order valence-corrected chi connectivity index (χ1v) is 9.81. The Labute approximate surface area is 157 Å². The van der Waals surface area contributed by atoms with Gasteiger partial charge < -0.3 is 9.05 Å². The molecule has 0 aliphatic heterocycles. The van der Waals surface area contributed by atoms with E-state index in [4.69, 9.17) is 9.05 Å². The summed E-state index contributed by atoms with van der Waals surface area (Å²) in [5.74, 6) is -2.00. The van der Waals surface area contributed by atoms with Gasteiger partial charge in [0.15, 0.2) is 23.1 Å². The third kappa shape index (κ3) is 4.62. The van der Waals surface area contributed by atoms with Crippen LogP contribution in [-0.4, -0.2) is 0 Å². The van der Waals surface area contributed by atoms with Gasteiger partial charge in [-0.2, -0.15) is 0 Å². The fraction of sp³-hybridized carbons (Fsp3) is 0. The van der Waals surface area contributed by atoms with Crippen LogP contribution in [0.15, 0.2) is 77.3 Å². The van der Waals surface area contributed by atoms with Gasteiger partial charge in [-0.25, -0.2) is 13.3 Å². The molecule has 8 heteroatoms. The van der Waals surface area contributed by atoms with Crippen LogP contribution in [0.4, 0.5) is 14.5 Å². The second kappa shape index (κ2) is 7.89. The summed E-state index contributed by atoms with van der Waals surface area (Å²) in [4.78, 5) is 0. The average Bonchev–Trinajstić information content (AvgIpc) is 2.61. The number of para-hydroxylation sites is 2. The second-order valence-corrected chi connectivity index (χ2v) is 7.66. The number of halogens is 3. The molecule has 0 fully saturated rings. The van der Waals surface area contributed by atoms with Crippen molar-refractivity contribution in [3.63, 3.8) is 0 Å². The topological polar surface area (TPSA) is 47.6 Å². The molecular weight excluding hydrogens is 427 g/mol. The summed E-state index contributed by atoms with van der Waals surface area (Å²) in [6.45, 7) is 0. The van der Waals surface area contributed by atoms with Crippen LogP contribution in [0, 0.1) is 11.6 Å². The van der Waals surface area contributed by atoms with E-state index < -0.39 is 19.4 Å². The number of nitrogens with one attached hydrogen (secondary N) is 1. The summed E-state index contributed by atoms with van der Waals surface area (Å²) < 4.78 is 52.4. The number of benzene rings is 3. The summed E-state index contributed by atoms with van der Waals surface area (Å²) in [6, 6.07) is 17.5. The Morgan fingerprint density at radius 2 is 1.23 bits per heavy atom. The van der Waals surface area contributed by atoms with Gasteiger partial charge in [0.05, 0.1) is 0 Å². The van der Waals surface area contributed by atoms with Crippen LogP contribution >= 0.6 is 23.7 Å². The molecule has 0 saturated heterocycles. The van der Waals surface area contributed by atoms with Crippen LogP contribution in [0.2, 0.25) is 0 Å². The summed E-state index contributed by atoms with van der Waals surface area (Å²) >= 11 is 3.29. The Bertz CT molecular complexity index is 902. The average molecular weight is 440 g/mol. The van der Waals surface area contributed by atoms with E-state index in [9.17, 15) is 13.3 Å². The van der Waals surface area contributed by atoms with E-state index in [1.54, 1.807) is 24.3 Å². The second-order valence-electron chi connectivity index (χ2n) is 5.16. The Kier molecular flexibility index (Phi) is 5.59. The van der Waals surface area contributed by atoms with Crippen molar-refractivity contribution in [1.82, 2.24) is 0 Å². The van der Waals surface area contributed by atoms with Crippen molar-refractivity contribution in [2.75, 3.05) is 5.09 Å². The maximum absolute atomic E-state index is 13.9. The maximum Gasteiger partial charge on any atom is 0.541 e. The van der Waals surface area contributed by atoms with Crippen molar-refractivity contribution in [3.8, 4) is 11.5 Å². The maximum atomic E-state index is 13.9. The van der Waals surface area contributed by atoms with Gasteiger partial charge in [-0.1, -0.05) is 40.2 Å². The van der Waals surface area contributed by atoms with Gasteiger partial charge in [-0.05, 0) is 48.5 Å². The zero-order valence-corrected chi connectivity index (χ0v) is 15.7. The molecule has 0 aliphatic carbocycles. The number of rotatable bonds is 6. The third-order valence-electron chi connectivity index (χ3n) is 3.22. The first kappa shape index (κ1) is 18.4. The summed E-state index contributed by atoms with van der Waals surface area (Å²) in [7, 11) is -4.20. The molecule has 3 rings (SSSR count). The first-order chi connectivity index (χ1) is 12.5. The quantitative estimate of drug-likeness (QED) is 0.451. The molecule has 0 spiro atoms. The van der Waals surface area contributed by atoms with E-state index in [0.717, 1.165) is 16.6 Å². The van der Waals surface area contributed by atoms with Gasteiger partial charge in [0.25, 0.3) is 0 Å². The normalized spacial score (nSPS) is 11.0. The molecule has 0 atom stereocenters. The lowest BCUT2D eigenvalue weighted by Crippen LogP contribution is -2.11. The van der Waals surface area contributed by atoms with Crippen LogP contribution in [0.1, 0.15) is 0 Å². The highest BCUT2D eigenvalue weighted by Crippen LogP contribution is 2.49. The lowest BCUT2D eigenvalue weighted by Gasteiger charge is -2.21. The summed E-state index contributed by atoms with van der Waals surface area (Å²) in [5.41, 5.74) is 0.393. The van der Waals surface area contributed by atoms with Crippen molar-refractivity contribution < 1.29 is 22.4 Å². The van der Waals surface area contributed by atoms with Crippen molar-refractivity contribution in [2.45, 2.75) is 0 Å². The molecule has 4 nitrogen and oxygen atoms in total. The van der Waals surface area contributed by atoms with Gasteiger partial charge in [0.2, 0.25) is 0 Å². The molecule has 0 aromatic heterocycles. The highest BCUT2D eigenvalue weighted by Gasteiger charge is 2.31. The van der Waals surface area contributed by atoms with E-state index >= 15 is 0 Å². The minimum atomic E-state index is -4.20. The fourth-order valence-electron chi connectivity index (χ4n) is 2.04. The largest absolute Gasteiger partial charge is 0.541 e. The van der Waals surface area contributed by atoms with E-state index in [0.29, 0.717) is 5.69 Å². The van der Waals surface area contributed by atoms with Crippen LogP contribution in [0.25, 0.3) is 0 Å². The Balaban J connectivity index is 1.94. The van der Waals surface area contributed by atoms with E-state index in [1.807, 2.05) is 0 Å². The molecule has 134 valence electrons. The summed E-state index contributed by atoms with van der Waals surface area (Å²) in [5, 5.41) is 2.59. The molecule has 3 aromatic carbocycles. The van der Waals surface area contributed by atoms with E-state index in [2.05, 4.69) is 21.0 Å². The van der Waals surface area contributed by atoms with Crippen molar-refractivity contribution >= 4 is 29.4 Å². The van der Waals surface area contributed by atoms with E-state index in [1.165, 1.54) is 36.4 Å². The molecule has 0 heterocycles. The monoisotopic (exact) mass is 439 g/mol. The molecule has 1 N–H and O–H groups in total. The van der Waals surface area contributed by atoms with Crippen molar-refractivity contribution in [1.29, 1.82) is 0 Å². The predicted molar refractivity (Wildman–Crippen MR) is 99.4 cm³/mol. The zero-order valence-electron chi connectivity index (χ0n) is 13.2. The molecule has 3 aromatic rings. The number of hydrogen-bond acceptors (Lipinski definition) is 3. The van der Waals surface area contributed by atoms with Gasteiger partial charge in [-0.3, -0.25) is 5.09 Å². The highest BCUT2D eigenvalue weighted by molar-refractivity contribution is 9.10. The minimum Gasteiger partial charge on any atom is -0.397 e. The highest BCUT2D eigenvalue weighted by atomic mass is 79.9. The summed E-state index contributed by atoms with van der Waals surface area (Å²) in [6.07, 6.45) is 0. The molecule has 0 amide bonds. The van der Waals surface area contributed by atoms with Crippen LogP contribution in [-0.2, 0) is 4.57 Å². The minimum absolute atomic E-state index is 0.281. The van der Waals surface area contributed by atoms with Gasteiger partial charge in [0.1, 0.15) is 0 Å². The standard InChI is InChI=1S/C18H13BrF2NO3P/c19-13-9-11-14(12-10-13)22-26(23,24-17-7-3-1-5-15(17)20)25-18-8-4-2-6-16(18)21/h1-12H,(H,22,23). The Morgan fingerprint density at radius 3 is 1.69 bits per heavy atom. The van der Waals surface area contributed by atoms with Crippen LogP contribution < -0.4 is 14.1 Å². The van der Waals surface area contributed by atoms with Gasteiger partial charge in [-0.15, -0.1) is 0 Å². The SMILES string of the molecule is O=P(Nc1ccc(Br)cc1)(Oc1ccccc1F)Oc1ccccc1F. The van der Waals surface area contributed by atoms with Gasteiger partial charge in [0, 0.05) is 10.2 Å².